The number of carboxylic acid groups (broad SMARTS) is 1. The number of furan rings is 1. The summed E-state index contributed by atoms with van der Waals surface area (Å²) < 4.78 is 5.16. The van der Waals surface area contributed by atoms with Crippen molar-refractivity contribution in [2.75, 3.05) is 0 Å². The van der Waals surface area contributed by atoms with E-state index in [9.17, 15) is 9.90 Å². The van der Waals surface area contributed by atoms with Gasteiger partial charge >= 0.3 is 29.6 Å². The SMILES string of the molecule is O=C([O-])c1cc2cc(Cc3cccnc3Cl)ccc2o1.[Na+]. The van der Waals surface area contributed by atoms with Gasteiger partial charge in [0.15, 0.2) is 5.76 Å². The Morgan fingerprint density at radius 1 is 1.29 bits per heavy atom. The predicted molar refractivity (Wildman–Crippen MR) is 72.6 cm³/mol. The van der Waals surface area contributed by atoms with Crippen LogP contribution >= 0.6 is 11.6 Å². The molecular weight excluding hydrogens is 301 g/mol. The molecule has 2 aromatic heterocycles. The molecule has 6 heteroatoms. The van der Waals surface area contributed by atoms with Gasteiger partial charge in [-0.05, 0) is 35.4 Å². The van der Waals surface area contributed by atoms with Gasteiger partial charge in [-0.25, -0.2) is 4.98 Å². The quantitative estimate of drug-likeness (QED) is 0.480. The van der Waals surface area contributed by atoms with Crippen LogP contribution in [0.3, 0.4) is 0 Å². The normalized spacial score (nSPS) is 10.3. The molecule has 0 spiro atoms. The minimum atomic E-state index is -1.32. The molecule has 0 atom stereocenters. The predicted octanol–water partition coefficient (Wildman–Crippen LogP) is -0.560. The number of nitrogens with zero attached hydrogens (tertiary/aromatic N) is 1. The number of carbonyl (C=O) groups excluding carboxylic acids is 1. The van der Waals surface area contributed by atoms with Crippen LogP contribution in [0.5, 0.6) is 0 Å². The first kappa shape index (κ1) is 16.0. The van der Waals surface area contributed by atoms with E-state index in [1.807, 2.05) is 24.3 Å². The molecule has 0 unspecified atom stereocenters. The summed E-state index contributed by atoms with van der Waals surface area (Å²) in [5, 5.41) is 12.0. The molecule has 3 rings (SSSR count). The topological polar surface area (TPSA) is 66.2 Å². The summed E-state index contributed by atoms with van der Waals surface area (Å²) in [7, 11) is 0. The maximum absolute atomic E-state index is 10.8. The van der Waals surface area contributed by atoms with Crippen LogP contribution in [-0.2, 0) is 6.42 Å². The molecule has 4 nitrogen and oxygen atoms in total. The first-order valence-corrected chi connectivity index (χ1v) is 6.34. The number of halogens is 1. The van der Waals surface area contributed by atoms with Gasteiger partial charge in [-0.15, -0.1) is 0 Å². The van der Waals surface area contributed by atoms with E-state index in [0.717, 1.165) is 16.5 Å². The average molecular weight is 310 g/mol. The van der Waals surface area contributed by atoms with Crippen LogP contribution in [0.25, 0.3) is 11.0 Å². The zero-order valence-electron chi connectivity index (χ0n) is 11.3. The molecule has 0 aliphatic carbocycles. The Kier molecular flexibility index (Phi) is 5.06. The molecule has 0 fully saturated rings. The van der Waals surface area contributed by atoms with E-state index in [4.69, 9.17) is 16.0 Å². The maximum Gasteiger partial charge on any atom is 1.00 e. The van der Waals surface area contributed by atoms with E-state index >= 15 is 0 Å². The van der Waals surface area contributed by atoms with Gasteiger partial charge in [0.1, 0.15) is 16.7 Å². The minimum absolute atomic E-state index is 0. The Hall–Kier alpha value is -1.33. The second-order valence-corrected chi connectivity index (χ2v) is 4.76. The van der Waals surface area contributed by atoms with Gasteiger partial charge in [-0.3, -0.25) is 0 Å². The molecule has 0 amide bonds. The Balaban J connectivity index is 0.00000161. The summed E-state index contributed by atoms with van der Waals surface area (Å²) >= 11 is 6.02. The van der Waals surface area contributed by atoms with Crippen molar-refractivity contribution in [2.45, 2.75) is 6.42 Å². The number of pyridine rings is 1. The van der Waals surface area contributed by atoms with Crippen LogP contribution in [0.2, 0.25) is 5.15 Å². The van der Waals surface area contributed by atoms with E-state index in [0.29, 0.717) is 17.2 Å². The zero-order valence-corrected chi connectivity index (χ0v) is 14.1. The summed E-state index contributed by atoms with van der Waals surface area (Å²) in [4.78, 5) is 14.8. The fourth-order valence-electron chi connectivity index (χ4n) is 2.07. The maximum atomic E-state index is 10.8. The van der Waals surface area contributed by atoms with Gasteiger partial charge < -0.3 is 14.3 Å². The number of benzene rings is 1. The fourth-order valence-corrected chi connectivity index (χ4v) is 2.26. The van der Waals surface area contributed by atoms with Crippen molar-refractivity contribution < 1.29 is 43.9 Å². The molecule has 0 aliphatic heterocycles. The van der Waals surface area contributed by atoms with Crippen molar-refractivity contribution in [1.29, 1.82) is 0 Å². The largest absolute Gasteiger partial charge is 1.00 e. The summed E-state index contributed by atoms with van der Waals surface area (Å²) in [5.41, 5.74) is 2.43. The second-order valence-electron chi connectivity index (χ2n) is 4.40. The van der Waals surface area contributed by atoms with E-state index in [-0.39, 0.29) is 35.3 Å². The second kappa shape index (κ2) is 6.62. The van der Waals surface area contributed by atoms with Crippen molar-refractivity contribution >= 4 is 28.5 Å². The number of carboxylic acids is 1. The monoisotopic (exact) mass is 309 g/mol. The van der Waals surface area contributed by atoms with Gasteiger partial charge in [-0.2, -0.15) is 0 Å². The van der Waals surface area contributed by atoms with Crippen molar-refractivity contribution in [3.63, 3.8) is 0 Å². The third-order valence-corrected chi connectivity index (χ3v) is 3.35. The first-order valence-electron chi connectivity index (χ1n) is 5.97. The molecule has 0 bridgehead atoms. The summed E-state index contributed by atoms with van der Waals surface area (Å²) in [6.07, 6.45) is 2.26. The number of hydrogen-bond acceptors (Lipinski definition) is 4. The molecule has 0 radical (unpaired) electrons. The van der Waals surface area contributed by atoms with Crippen LogP contribution < -0.4 is 34.7 Å². The molecule has 1 aromatic carbocycles. The van der Waals surface area contributed by atoms with E-state index in [2.05, 4.69) is 4.98 Å². The number of aromatic carboxylic acids is 1. The van der Waals surface area contributed by atoms with Gasteiger partial charge in [0, 0.05) is 18.0 Å². The Labute approximate surface area is 148 Å². The van der Waals surface area contributed by atoms with Gasteiger partial charge in [0.25, 0.3) is 0 Å². The average Bonchev–Trinajstić information content (AvgIpc) is 2.85. The first-order chi connectivity index (χ1) is 9.63. The molecule has 0 aliphatic rings. The molecule has 21 heavy (non-hydrogen) atoms. The third kappa shape index (κ3) is 3.47. The zero-order chi connectivity index (χ0) is 14.1. The van der Waals surface area contributed by atoms with Crippen LogP contribution in [0.1, 0.15) is 21.7 Å². The molecule has 2 heterocycles. The van der Waals surface area contributed by atoms with Crippen molar-refractivity contribution in [3.8, 4) is 0 Å². The standard InChI is InChI=1S/C15H10ClNO3.Na/c16-14-10(2-1-5-17-14)6-9-3-4-12-11(7-9)8-13(20-12)15(18)19;/h1-5,7-8H,6H2,(H,18,19);/q;+1/p-1. The summed E-state index contributed by atoms with van der Waals surface area (Å²) in [6, 6.07) is 10.7. The van der Waals surface area contributed by atoms with Crippen LogP contribution in [-0.4, -0.2) is 11.0 Å². The minimum Gasteiger partial charge on any atom is -0.542 e. The van der Waals surface area contributed by atoms with Crippen LogP contribution in [0.15, 0.2) is 47.0 Å². The molecule has 3 aromatic rings. The van der Waals surface area contributed by atoms with E-state index in [1.54, 1.807) is 12.3 Å². The number of carbonyl (C=O) groups is 1. The van der Waals surface area contributed by atoms with Gasteiger partial charge in [0.05, 0.1) is 0 Å². The summed E-state index contributed by atoms with van der Waals surface area (Å²) in [6.45, 7) is 0. The van der Waals surface area contributed by atoms with Crippen molar-refractivity contribution in [2.24, 2.45) is 0 Å². The number of hydrogen-bond donors (Lipinski definition) is 0. The number of fused-ring (bicyclic) bond motifs is 1. The third-order valence-electron chi connectivity index (χ3n) is 3.01. The van der Waals surface area contributed by atoms with E-state index < -0.39 is 5.97 Å². The Morgan fingerprint density at radius 2 is 2.10 bits per heavy atom. The molecular formula is C15H9ClNNaO3. The van der Waals surface area contributed by atoms with Crippen molar-refractivity contribution in [3.05, 3.63) is 64.6 Å². The van der Waals surface area contributed by atoms with Gasteiger partial charge in [-0.1, -0.05) is 23.7 Å². The molecule has 100 valence electrons. The van der Waals surface area contributed by atoms with Crippen LogP contribution in [0, 0.1) is 0 Å². The molecule has 0 saturated heterocycles. The summed E-state index contributed by atoms with van der Waals surface area (Å²) in [5.74, 6) is -1.49. The Morgan fingerprint density at radius 3 is 2.81 bits per heavy atom. The molecule has 0 N–H and O–H groups in total. The van der Waals surface area contributed by atoms with Crippen LogP contribution in [0.4, 0.5) is 0 Å². The number of rotatable bonds is 3. The van der Waals surface area contributed by atoms with Crippen molar-refractivity contribution in [1.82, 2.24) is 4.98 Å². The fraction of sp³-hybridized carbons (Fsp3) is 0.0667. The smallest absolute Gasteiger partial charge is 0.542 e. The van der Waals surface area contributed by atoms with Gasteiger partial charge in [0.2, 0.25) is 0 Å². The Bertz CT molecular complexity index is 800. The van der Waals surface area contributed by atoms with E-state index in [1.165, 1.54) is 6.07 Å². The number of aromatic nitrogens is 1. The molecule has 0 saturated carbocycles.